The summed E-state index contributed by atoms with van der Waals surface area (Å²) in [6, 6.07) is 16.9. The second-order valence-corrected chi connectivity index (χ2v) is 5.93. The number of ether oxygens (including phenoxy) is 1. The molecule has 3 aromatic rings. The number of hydrogen-bond acceptors (Lipinski definition) is 6. The van der Waals surface area contributed by atoms with Crippen molar-refractivity contribution < 1.29 is 18.9 Å². The van der Waals surface area contributed by atoms with Crippen LogP contribution in [0.2, 0.25) is 0 Å². The summed E-state index contributed by atoms with van der Waals surface area (Å²) in [6.45, 7) is -0.0356. The first kappa shape index (κ1) is 19.1. The van der Waals surface area contributed by atoms with E-state index in [-0.39, 0.29) is 29.9 Å². The number of furan rings is 1. The Morgan fingerprint density at radius 1 is 1.18 bits per heavy atom. The highest BCUT2D eigenvalue weighted by Gasteiger charge is 2.19. The SMILES string of the molecule is COc1ccc([N+](=O)[O-])cc1NC(=O)CN[C@@H](c1ccccc1)c1ccco1. The number of methoxy groups -OCH3 is 1. The lowest BCUT2D eigenvalue weighted by Crippen LogP contribution is -2.31. The van der Waals surface area contributed by atoms with Crippen molar-refractivity contribution in [1.82, 2.24) is 5.32 Å². The molecule has 0 saturated carbocycles. The number of rotatable bonds is 8. The van der Waals surface area contributed by atoms with E-state index in [9.17, 15) is 14.9 Å². The van der Waals surface area contributed by atoms with E-state index in [1.54, 1.807) is 12.3 Å². The molecule has 0 fully saturated rings. The van der Waals surface area contributed by atoms with E-state index >= 15 is 0 Å². The van der Waals surface area contributed by atoms with Gasteiger partial charge in [-0.1, -0.05) is 30.3 Å². The minimum atomic E-state index is -0.532. The zero-order valence-electron chi connectivity index (χ0n) is 15.1. The van der Waals surface area contributed by atoms with Crippen molar-refractivity contribution >= 4 is 17.3 Å². The van der Waals surface area contributed by atoms with Crippen molar-refractivity contribution in [2.24, 2.45) is 0 Å². The van der Waals surface area contributed by atoms with Gasteiger partial charge in [0.1, 0.15) is 11.5 Å². The van der Waals surface area contributed by atoms with Gasteiger partial charge < -0.3 is 14.5 Å². The molecule has 144 valence electrons. The van der Waals surface area contributed by atoms with Crippen LogP contribution in [0.1, 0.15) is 17.4 Å². The Labute approximate surface area is 161 Å². The highest BCUT2D eigenvalue weighted by molar-refractivity contribution is 5.94. The van der Waals surface area contributed by atoms with Crippen LogP contribution in [-0.4, -0.2) is 24.5 Å². The zero-order valence-corrected chi connectivity index (χ0v) is 15.1. The maximum absolute atomic E-state index is 12.4. The molecule has 0 bridgehead atoms. The number of nitro groups is 1. The normalized spacial score (nSPS) is 11.6. The maximum Gasteiger partial charge on any atom is 0.271 e. The van der Waals surface area contributed by atoms with Crippen LogP contribution in [0.3, 0.4) is 0 Å². The van der Waals surface area contributed by atoms with Crippen molar-refractivity contribution in [3.63, 3.8) is 0 Å². The van der Waals surface area contributed by atoms with Gasteiger partial charge in [-0.3, -0.25) is 20.2 Å². The summed E-state index contributed by atoms with van der Waals surface area (Å²) < 4.78 is 10.7. The molecule has 0 aliphatic carbocycles. The highest BCUT2D eigenvalue weighted by atomic mass is 16.6. The molecule has 1 heterocycles. The molecule has 0 aliphatic heterocycles. The quantitative estimate of drug-likeness (QED) is 0.457. The standard InChI is InChI=1S/C20H19N3O5/c1-27-17-10-9-15(23(25)26)12-16(17)22-19(24)13-21-20(18-8-5-11-28-18)14-6-3-2-4-7-14/h2-12,20-21H,13H2,1H3,(H,22,24)/t20-/m0/s1. The average molecular weight is 381 g/mol. The Morgan fingerprint density at radius 2 is 1.96 bits per heavy atom. The molecule has 8 heteroatoms. The van der Waals surface area contributed by atoms with Crippen molar-refractivity contribution in [3.05, 3.63) is 88.4 Å². The maximum atomic E-state index is 12.4. The van der Waals surface area contributed by atoms with Gasteiger partial charge in [0.05, 0.1) is 36.6 Å². The van der Waals surface area contributed by atoms with Gasteiger partial charge in [-0.05, 0) is 23.8 Å². The number of amides is 1. The van der Waals surface area contributed by atoms with Crippen LogP contribution in [0.15, 0.2) is 71.3 Å². The molecule has 28 heavy (non-hydrogen) atoms. The number of non-ortho nitro benzene ring substituents is 1. The Morgan fingerprint density at radius 3 is 2.61 bits per heavy atom. The third-order valence-electron chi connectivity index (χ3n) is 4.10. The largest absolute Gasteiger partial charge is 0.495 e. The molecule has 0 unspecified atom stereocenters. The number of carbonyl (C=O) groups excluding carboxylic acids is 1. The van der Waals surface area contributed by atoms with E-state index in [2.05, 4.69) is 10.6 Å². The molecule has 2 aromatic carbocycles. The fourth-order valence-corrected chi connectivity index (χ4v) is 2.78. The molecule has 3 rings (SSSR count). The number of nitrogens with one attached hydrogen (secondary N) is 2. The van der Waals surface area contributed by atoms with Gasteiger partial charge in [-0.2, -0.15) is 0 Å². The van der Waals surface area contributed by atoms with Crippen molar-refractivity contribution in [2.75, 3.05) is 19.0 Å². The molecule has 8 nitrogen and oxygen atoms in total. The smallest absolute Gasteiger partial charge is 0.271 e. The van der Waals surface area contributed by atoms with Gasteiger partial charge in [0.15, 0.2) is 0 Å². The average Bonchev–Trinajstić information content (AvgIpc) is 3.23. The summed E-state index contributed by atoms with van der Waals surface area (Å²) in [5.41, 5.74) is 1.04. The third kappa shape index (κ3) is 4.54. The topological polar surface area (TPSA) is 107 Å². The molecule has 1 atom stereocenters. The lowest BCUT2D eigenvalue weighted by Gasteiger charge is -2.17. The van der Waals surface area contributed by atoms with Crippen molar-refractivity contribution in [3.8, 4) is 5.75 Å². The first-order valence-electron chi connectivity index (χ1n) is 8.52. The molecule has 0 spiro atoms. The predicted molar refractivity (Wildman–Crippen MR) is 103 cm³/mol. The number of nitro benzene ring substituents is 1. The summed E-state index contributed by atoms with van der Waals surface area (Å²) in [5, 5.41) is 16.8. The highest BCUT2D eigenvalue weighted by Crippen LogP contribution is 2.29. The van der Waals surface area contributed by atoms with Crippen LogP contribution in [0.4, 0.5) is 11.4 Å². The van der Waals surface area contributed by atoms with Gasteiger partial charge in [-0.15, -0.1) is 0 Å². The van der Waals surface area contributed by atoms with Crippen molar-refractivity contribution in [2.45, 2.75) is 6.04 Å². The van der Waals surface area contributed by atoms with E-state index in [1.807, 2.05) is 36.4 Å². The van der Waals surface area contributed by atoms with Crippen LogP contribution in [-0.2, 0) is 4.79 Å². The minimum Gasteiger partial charge on any atom is -0.495 e. The molecule has 2 N–H and O–H groups in total. The fourth-order valence-electron chi connectivity index (χ4n) is 2.78. The molecule has 0 aliphatic rings. The number of hydrogen-bond donors (Lipinski definition) is 2. The molecule has 0 saturated heterocycles. The Balaban J connectivity index is 1.72. The van der Waals surface area contributed by atoms with E-state index in [0.29, 0.717) is 11.5 Å². The van der Waals surface area contributed by atoms with Gasteiger partial charge >= 0.3 is 0 Å². The molecular weight excluding hydrogens is 362 g/mol. The second-order valence-electron chi connectivity index (χ2n) is 5.93. The first-order chi connectivity index (χ1) is 13.6. The zero-order chi connectivity index (χ0) is 19.9. The summed E-state index contributed by atoms with van der Waals surface area (Å²) >= 11 is 0. The van der Waals surface area contributed by atoms with Crippen LogP contribution in [0, 0.1) is 10.1 Å². The van der Waals surface area contributed by atoms with E-state index in [0.717, 1.165) is 5.56 Å². The molecule has 1 amide bonds. The summed E-state index contributed by atoms with van der Waals surface area (Å²) in [5.74, 6) is 0.641. The van der Waals surface area contributed by atoms with Crippen LogP contribution < -0.4 is 15.4 Å². The number of anilines is 1. The molecular formula is C20H19N3O5. The van der Waals surface area contributed by atoms with Gasteiger partial charge in [0.2, 0.25) is 5.91 Å². The Bertz CT molecular complexity index is 942. The fraction of sp³-hybridized carbons (Fsp3) is 0.150. The van der Waals surface area contributed by atoms with Gasteiger partial charge in [0, 0.05) is 12.1 Å². The minimum absolute atomic E-state index is 0.0356. The predicted octanol–water partition coefficient (Wildman–Crippen LogP) is 3.51. The lowest BCUT2D eigenvalue weighted by molar-refractivity contribution is -0.384. The third-order valence-corrected chi connectivity index (χ3v) is 4.10. The van der Waals surface area contributed by atoms with E-state index in [4.69, 9.17) is 9.15 Å². The summed E-state index contributed by atoms with van der Waals surface area (Å²) in [7, 11) is 1.43. The van der Waals surface area contributed by atoms with Crippen molar-refractivity contribution in [1.29, 1.82) is 0 Å². The number of benzene rings is 2. The van der Waals surface area contributed by atoms with Gasteiger partial charge in [0.25, 0.3) is 5.69 Å². The summed E-state index contributed by atoms with van der Waals surface area (Å²) in [6.07, 6.45) is 1.57. The van der Waals surface area contributed by atoms with Crippen LogP contribution in [0.5, 0.6) is 5.75 Å². The number of carbonyl (C=O) groups is 1. The Hall–Kier alpha value is -3.65. The van der Waals surface area contributed by atoms with Gasteiger partial charge in [-0.25, -0.2) is 0 Å². The van der Waals surface area contributed by atoms with E-state index in [1.165, 1.54) is 25.3 Å². The number of nitrogens with zero attached hydrogens (tertiary/aromatic N) is 1. The lowest BCUT2D eigenvalue weighted by atomic mass is 10.0. The van der Waals surface area contributed by atoms with Crippen LogP contribution >= 0.6 is 0 Å². The summed E-state index contributed by atoms with van der Waals surface area (Å²) in [4.78, 5) is 22.9. The first-order valence-corrected chi connectivity index (χ1v) is 8.52. The Kier molecular flexibility index (Phi) is 6.03. The molecule has 1 aromatic heterocycles. The van der Waals surface area contributed by atoms with E-state index < -0.39 is 4.92 Å². The second kappa shape index (κ2) is 8.83. The molecule has 0 radical (unpaired) electrons. The monoisotopic (exact) mass is 381 g/mol. The van der Waals surface area contributed by atoms with Crippen LogP contribution in [0.25, 0.3) is 0 Å².